The van der Waals surface area contributed by atoms with Crippen LogP contribution in [0.15, 0.2) is 82.4 Å². The fourth-order valence-corrected chi connectivity index (χ4v) is 8.23. The van der Waals surface area contributed by atoms with Crippen LogP contribution < -0.4 is 19.1 Å². The maximum absolute atomic E-state index is 15.4. The lowest BCUT2D eigenvalue weighted by molar-refractivity contribution is -0.127. The van der Waals surface area contributed by atoms with Crippen molar-refractivity contribution >= 4 is 33.2 Å². The molecule has 12 heteroatoms. The summed E-state index contributed by atoms with van der Waals surface area (Å²) in [5.41, 5.74) is 0.467. The van der Waals surface area contributed by atoms with E-state index in [1.165, 1.54) is 31.6 Å². The van der Waals surface area contributed by atoms with E-state index in [4.69, 9.17) is 25.5 Å². The van der Waals surface area contributed by atoms with Crippen LogP contribution in [-0.2, 0) is 26.9 Å². The second kappa shape index (κ2) is 12.7. The molecule has 242 valence electrons. The molecular weight excluding hydrogens is 628 g/mol. The van der Waals surface area contributed by atoms with Gasteiger partial charge in [0, 0.05) is 29.2 Å². The second-order valence-electron chi connectivity index (χ2n) is 11.9. The first-order chi connectivity index (χ1) is 22.1. The van der Waals surface area contributed by atoms with Crippen LogP contribution in [0.3, 0.4) is 0 Å². The molecule has 0 saturated carbocycles. The number of anilines is 1. The van der Waals surface area contributed by atoms with Crippen molar-refractivity contribution in [2.24, 2.45) is 5.92 Å². The van der Waals surface area contributed by atoms with Gasteiger partial charge in [0.2, 0.25) is 5.89 Å². The summed E-state index contributed by atoms with van der Waals surface area (Å²) in [6, 6.07) is 16.2. The summed E-state index contributed by atoms with van der Waals surface area (Å²) in [6.07, 6.45) is 4.46. The van der Waals surface area contributed by atoms with Crippen molar-refractivity contribution in [3.63, 3.8) is 0 Å². The fraction of sp³-hybridized carbons (Fsp3) is 0.353. The van der Waals surface area contributed by atoms with Gasteiger partial charge in [-0.1, -0.05) is 37.6 Å². The number of carbonyl (C=O) groups is 1. The number of rotatable bonds is 11. The number of hydrogen-bond donors (Lipinski definition) is 1. The zero-order valence-corrected chi connectivity index (χ0v) is 27.8. The third kappa shape index (κ3) is 5.34. The molecule has 0 spiro atoms. The standard InChI is InChI=1S/C34H37ClN4O6S/c1-22(2)20-36-21-23-7-14-31(44-4)28(18-23)34(38-16-5-6-29(38)32-37-15-17-45-32)27-13-8-24(35)19-30(27)39(33(34)40)46(41,42)26-11-9-25(43-3)10-12-26/h7-15,17-19,22,29,36H,5-6,16,20-21H2,1-4H3. The lowest BCUT2D eigenvalue weighted by atomic mass is 9.80. The van der Waals surface area contributed by atoms with Gasteiger partial charge in [0.05, 0.1) is 37.0 Å². The molecule has 1 amide bonds. The van der Waals surface area contributed by atoms with Crippen LogP contribution in [0.4, 0.5) is 5.69 Å². The molecule has 2 atom stereocenters. The maximum Gasteiger partial charge on any atom is 0.271 e. The van der Waals surface area contributed by atoms with Crippen molar-refractivity contribution in [2.75, 3.05) is 31.6 Å². The van der Waals surface area contributed by atoms with Crippen LogP contribution >= 0.6 is 11.6 Å². The van der Waals surface area contributed by atoms with E-state index in [1.54, 1.807) is 37.6 Å². The Bertz CT molecular complexity index is 1830. The number of oxazole rings is 1. The molecule has 46 heavy (non-hydrogen) atoms. The van der Waals surface area contributed by atoms with Crippen LogP contribution in [0, 0.1) is 5.92 Å². The Morgan fingerprint density at radius 1 is 1.07 bits per heavy atom. The Labute approximate surface area is 274 Å². The molecule has 2 aliphatic heterocycles. The SMILES string of the molecule is COc1ccc(S(=O)(=O)N2C(=O)C(c3cc(CNCC(C)C)ccc3OC)(N3CCCC3c3ncco3)c3ccc(Cl)cc32)cc1. The molecule has 6 rings (SSSR count). The third-order valence-corrected chi connectivity index (χ3v) is 10.6. The van der Waals surface area contributed by atoms with E-state index >= 15 is 4.79 Å². The fourth-order valence-electron chi connectivity index (χ4n) is 6.61. The number of carbonyl (C=O) groups excluding carboxylic acids is 1. The van der Waals surface area contributed by atoms with E-state index < -0.39 is 27.5 Å². The molecule has 3 aromatic carbocycles. The van der Waals surface area contributed by atoms with Gasteiger partial charge in [0.25, 0.3) is 15.9 Å². The molecule has 1 N–H and O–H groups in total. The first-order valence-corrected chi connectivity index (χ1v) is 17.0. The van der Waals surface area contributed by atoms with Gasteiger partial charge in [-0.2, -0.15) is 0 Å². The van der Waals surface area contributed by atoms with Gasteiger partial charge in [-0.05, 0) is 79.4 Å². The highest BCUT2D eigenvalue weighted by Gasteiger charge is 2.62. The van der Waals surface area contributed by atoms with Crippen LogP contribution in [0.2, 0.25) is 5.02 Å². The quantitative estimate of drug-likeness (QED) is 0.209. The van der Waals surface area contributed by atoms with Crippen molar-refractivity contribution in [3.8, 4) is 11.5 Å². The van der Waals surface area contributed by atoms with Gasteiger partial charge in [-0.25, -0.2) is 17.7 Å². The number of ether oxygens (including phenoxy) is 2. The number of fused-ring (bicyclic) bond motifs is 1. The Morgan fingerprint density at radius 2 is 1.85 bits per heavy atom. The van der Waals surface area contributed by atoms with E-state index in [9.17, 15) is 8.42 Å². The lowest BCUT2D eigenvalue weighted by Crippen LogP contribution is -2.54. The Hall–Kier alpha value is -3.90. The van der Waals surface area contributed by atoms with Gasteiger partial charge >= 0.3 is 0 Å². The summed E-state index contributed by atoms with van der Waals surface area (Å²) in [5, 5.41) is 3.77. The largest absolute Gasteiger partial charge is 0.497 e. The van der Waals surface area contributed by atoms with Crippen molar-refractivity contribution in [1.82, 2.24) is 15.2 Å². The molecule has 1 saturated heterocycles. The van der Waals surface area contributed by atoms with Gasteiger partial charge < -0.3 is 19.2 Å². The number of halogens is 1. The summed E-state index contributed by atoms with van der Waals surface area (Å²) in [4.78, 5) is 21.9. The minimum atomic E-state index is -4.43. The molecule has 0 radical (unpaired) electrons. The highest BCUT2D eigenvalue weighted by molar-refractivity contribution is 7.93. The molecule has 1 fully saturated rings. The number of methoxy groups -OCH3 is 2. The monoisotopic (exact) mass is 664 g/mol. The molecule has 1 aromatic heterocycles. The summed E-state index contributed by atoms with van der Waals surface area (Å²) >= 11 is 6.53. The van der Waals surface area contributed by atoms with Crippen LogP contribution in [0.1, 0.15) is 55.3 Å². The summed E-state index contributed by atoms with van der Waals surface area (Å²) in [7, 11) is -1.38. The summed E-state index contributed by atoms with van der Waals surface area (Å²) in [6.45, 7) is 6.09. The number of benzene rings is 3. The minimum Gasteiger partial charge on any atom is -0.497 e. The zero-order chi connectivity index (χ0) is 32.6. The normalized spacial score (nSPS) is 20.0. The number of amides is 1. The molecule has 0 bridgehead atoms. The number of likely N-dealkylation sites (tertiary alicyclic amines) is 1. The van der Waals surface area contributed by atoms with E-state index in [1.807, 2.05) is 23.1 Å². The van der Waals surface area contributed by atoms with Crippen molar-refractivity contribution in [2.45, 2.75) is 49.7 Å². The smallest absolute Gasteiger partial charge is 0.271 e. The Balaban J connectivity index is 1.62. The Morgan fingerprint density at radius 3 is 2.52 bits per heavy atom. The van der Waals surface area contributed by atoms with E-state index in [0.29, 0.717) is 59.0 Å². The number of nitrogens with zero attached hydrogens (tertiary/aromatic N) is 3. The first kappa shape index (κ1) is 32.1. The van der Waals surface area contributed by atoms with Crippen molar-refractivity contribution in [1.29, 1.82) is 0 Å². The van der Waals surface area contributed by atoms with E-state index in [2.05, 4.69) is 24.1 Å². The van der Waals surface area contributed by atoms with E-state index in [0.717, 1.165) is 22.8 Å². The van der Waals surface area contributed by atoms with Crippen LogP contribution in [0.25, 0.3) is 0 Å². The predicted molar refractivity (Wildman–Crippen MR) is 175 cm³/mol. The van der Waals surface area contributed by atoms with Gasteiger partial charge in [0.15, 0.2) is 5.54 Å². The topological polar surface area (TPSA) is 114 Å². The number of aromatic nitrogens is 1. The molecular formula is C34H37ClN4O6S. The highest BCUT2D eigenvalue weighted by Crippen LogP contribution is 2.56. The number of sulfonamides is 1. The Kier molecular flexibility index (Phi) is 8.86. The highest BCUT2D eigenvalue weighted by atomic mass is 35.5. The van der Waals surface area contributed by atoms with Gasteiger partial charge in [-0.15, -0.1) is 0 Å². The molecule has 2 aliphatic rings. The van der Waals surface area contributed by atoms with Crippen molar-refractivity contribution in [3.05, 3.63) is 101 Å². The average molecular weight is 665 g/mol. The van der Waals surface area contributed by atoms with E-state index in [-0.39, 0.29) is 10.6 Å². The van der Waals surface area contributed by atoms with Gasteiger partial charge in [-0.3, -0.25) is 9.69 Å². The van der Waals surface area contributed by atoms with Crippen LogP contribution in [-0.4, -0.2) is 51.5 Å². The van der Waals surface area contributed by atoms with Gasteiger partial charge in [0.1, 0.15) is 17.8 Å². The lowest BCUT2D eigenvalue weighted by Gasteiger charge is -2.41. The summed E-state index contributed by atoms with van der Waals surface area (Å²) in [5.74, 6) is 1.17. The summed E-state index contributed by atoms with van der Waals surface area (Å²) < 4.78 is 46.9. The molecule has 4 aromatic rings. The molecule has 10 nitrogen and oxygen atoms in total. The molecule has 3 heterocycles. The number of nitrogens with one attached hydrogen (secondary N) is 1. The van der Waals surface area contributed by atoms with Crippen LogP contribution in [0.5, 0.6) is 11.5 Å². The molecule has 2 unspecified atom stereocenters. The number of hydrogen-bond acceptors (Lipinski definition) is 9. The average Bonchev–Trinajstić information content (AvgIpc) is 3.79. The first-order valence-electron chi connectivity index (χ1n) is 15.2. The third-order valence-electron chi connectivity index (χ3n) is 8.62. The maximum atomic E-state index is 15.4. The molecule has 0 aliphatic carbocycles. The second-order valence-corrected chi connectivity index (χ2v) is 14.1. The minimum absolute atomic E-state index is 0.0624. The van der Waals surface area contributed by atoms with Crippen molar-refractivity contribution < 1.29 is 27.1 Å². The zero-order valence-electron chi connectivity index (χ0n) is 26.2. The predicted octanol–water partition coefficient (Wildman–Crippen LogP) is 5.91.